The van der Waals surface area contributed by atoms with Gasteiger partial charge in [-0.15, -0.1) is 4.98 Å². The number of anilines is 1. The first-order valence-electron chi connectivity index (χ1n) is 4.75. The lowest BCUT2D eigenvalue weighted by Gasteiger charge is -2.16. The van der Waals surface area contributed by atoms with E-state index in [0.29, 0.717) is 5.92 Å². The molecule has 0 spiro atoms. The van der Waals surface area contributed by atoms with Crippen LogP contribution in [-0.2, 0) is 0 Å². The van der Waals surface area contributed by atoms with Crippen molar-refractivity contribution in [2.75, 3.05) is 12.8 Å². The van der Waals surface area contributed by atoms with Crippen LogP contribution in [0.1, 0.15) is 20.8 Å². The van der Waals surface area contributed by atoms with Gasteiger partial charge in [0.1, 0.15) is 6.10 Å². The molecule has 1 aromatic heterocycles. The molecule has 0 aliphatic carbocycles. The second-order valence-corrected chi connectivity index (χ2v) is 3.53. The minimum Gasteiger partial charge on any atom is -0.467 e. The standard InChI is InChI=1S/C9H16N4O2/c1-5(2)6(3)15-9-12-7(10)11-8(13-9)14-4/h5-6H,1-4H3,(H2,10,11,12,13). The Labute approximate surface area is 88.8 Å². The summed E-state index contributed by atoms with van der Waals surface area (Å²) < 4.78 is 10.3. The number of nitrogen functional groups attached to an aromatic ring is 1. The molecule has 1 aromatic rings. The molecule has 6 heteroatoms. The Hall–Kier alpha value is -1.59. The van der Waals surface area contributed by atoms with Crippen molar-refractivity contribution in [1.29, 1.82) is 0 Å². The molecule has 0 fully saturated rings. The third kappa shape index (κ3) is 3.23. The van der Waals surface area contributed by atoms with Gasteiger partial charge in [-0.25, -0.2) is 0 Å². The third-order valence-electron chi connectivity index (χ3n) is 2.02. The maximum atomic E-state index is 5.48. The second kappa shape index (κ2) is 4.77. The molecule has 0 aliphatic rings. The lowest BCUT2D eigenvalue weighted by molar-refractivity contribution is 0.153. The minimum atomic E-state index is 0.0107. The van der Waals surface area contributed by atoms with Gasteiger partial charge in [-0.3, -0.25) is 0 Å². The highest BCUT2D eigenvalue weighted by Crippen LogP contribution is 2.14. The predicted molar refractivity (Wildman–Crippen MR) is 55.7 cm³/mol. The van der Waals surface area contributed by atoms with Gasteiger partial charge in [0.2, 0.25) is 5.95 Å². The first kappa shape index (κ1) is 11.5. The van der Waals surface area contributed by atoms with Crippen molar-refractivity contribution in [1.82, 2.24) is 15.0 Å². The van der Waals surface area contributed by atoms with E-state index in [-0.39, 0.29) is 24.1 Å². The maximum absolute atomic E-state index is 5.48. The van der Waals surface area contributed by atoms with Crippen LogP contribution in [0.5, 0.6) is 12.0 Å². The van der Waals surface area contributed by atoms with E-state index in [1.165, 1.54) is 7.11 Å². The topological polar surface area (TPSA) is 83.2 Å². The Bertz CT molecular complexity index is 330. The van der Waals surface area contributed by atoms with Crippen molar-refractivity contribution in [3.05, 3.63) is 0 Å². The highest BCUT2D eigenvalue weighted by atomic mass is 16.5. The molecule has 84 valence electrons. The summed E-state index contributed by atoms with van der Waals surface area (Å²) in [5, 5.41) is 0. The fourth-order valence-electron chi connectivity index (χ4n) is 0.799. The maximum Gasteiger partial charge on any atom is 0.324 e. The van der Waals surface area contributed by atoms with Crippen molar-refractivity contribution in [3.63, 3.8) is 0 Å². The summed E-state index contributed by atoms with van der Waals surface area (Å²) in [6.07, 6.45) is 0.0107. The van der Waals surface area contributed by atoms with Crippen LogP contribution in [0.25, 0.3) is 0 Å². The van der Waals surface area contributed by atoms with Gasteiger partial charge < -0.3 is 15.2 Å². The normalized spacial score (nSPS) is 12.6. The fraction of sp³-hybridized carbons (Fsp3) is 0.667. The van der Waals surface area contributed by atoms with E-state index in [4.69, 9.17) is 15.2 Å². The Morgan fingerprint density at radius 1 is 1.07 bits per heavy atom. The molecule has 0 saturated carbocycles. The highest BCUT2D eigenvalue weighted by molar-refractivity contribution is 5.20. The molecule has 0 aliphatic heterocycles. The van der Waals surface area contributed by atoms with Gasteiger partial charge in [0, 0.05) is 0 Å². The quantitative estimate of drug-likeness (QED) is 0.797. The van der Waals surface area contributed by atoms with E-state index >= 15 is 0 Å². The number of aromatic nitrogens is 3. The van der Waals surface area contributed by atoms with Gasteiger partial charge >= 0.3 is 12.0 Å². The lowest BCUT2D eigenvalue weighted by Crippen LogP contribution is -2.20. The SMILES string of the molecule is COc1nc(N)nc(OC(C)C(C)C)n1. The van der Waals surface area contributed by atoms with Crippen molar-refractivity contribution < 1.29 is 9.47 Å². The van der Waals surface area contributed by atoms with E-state index in [2.05, 4.69) is 15.0 Å². The highest BCUT2D eigenvalue weighted by Gasteiger charge is 2.12. The zero-order valence-electron chi connectivity index (χ0n) is 9.39. The number of ether oxygens (including phenoxy) is 2. The van der Waals surface area contributed by atoms with Crippen LogP contribution < -0.4 is 15.2 Å². The van der Waals surface area contributed by atoms with Gasteiger partial charge in [-0.2, -0.15) is 9.97 Å². The smallest absolute Gasteiger partial charge is 0.324 e. The molecule has 0 amide bonds. The molecule has 1 rings (SSSR count). The zero-order valence-corrected chi connectivity index (χ0v) is 9.39. The summed E-state index contributed by atoms with van der Waals surface area (Å²) in [7, 11) is 1.46. The number of hydrogen-bond acceptors (Lipinski definition) is 6. The van der Waals surface area contributed by atoms with Crippen LogP contribution in [0.15, 0.2) is 0 Å². The number of nitrogens with two attached hydrogens (primary N) is 1. The molecule has 1 heterocycles. The van der Waals surface area contributed by atoms with Crippen LogP contribution >= 0.6 is 0 Å². The molecule has 2 N–H and O–H groups in total. The summed E-state index contributed by atoms with van der Waals surface area (Å²) in [5.74, 6) is 0.460. The number of nitrogens with zero attached hydrogens (tertiary/aromatic N) is 3. The van der Waals surface area contributed by atoms with Crippen LogP contribution in [0.4, 0.5) is 5.95 Å². The molecule has 6 nitrogen and oxygen atoms in total. The number of methoxy groups -OCH3 is 1. The summed E-state index contributed by atoms with van der Waals surface area (Å²) in [6, 6.07) is 0.356. The summed E-state index contributed by atoms with van der Waals surface area (Å²) in [5.41, 5.74) is 5.46. The van der Waals surface area contributed by atoms with Crippen LogP contribution in [-0.4, -0.2) is 28.2 Å². The number of rotatable bonds is 4. The monoisotopic (exact) mass is 212 g/mol. The van der Waals surface area contributed by atoms with Gasteiger partial charge in [-0.05, 0) is 12.8 Å². The first-order valence-corrected chi connectivity index (χ1v) is 4.75. The summed E-state index contributed by atoms with van der Waals surface area (Å²) in [6.45, 7) is 6.04. The van der Waals surface area contributed by atoms with Gasteiger partial charge in [0.15, 0.2) is 0 Å². The van der Waals surface area contributed by atoms with Gasteiger partial charge in [0.25, 0.3) is 0 Å². The summed E-state index contributed by atoms with van der Waals surface area (Å²) in [4.78, 5) is 11.5. The van der Waals surface area contributed by atoms with E-state index in [0.717, 1.165) is 0 Å². The van der Waals surface area contributed by atoms with Crippen LogP contribution in [0, 0.1) is 5.92 Å². The fourth-order valence-corrected chi connectivity index (χ4v) is 0.799. The van der Waals surface area contributed by atoms with E-state index < -0.39 is 0 Å². The van der Waals surface area contributed by atoms with Crippen molar-refractivity contribution in [2.24, 2.45) is 5.92 Å². The molecule has 1 unspecified atom stereocenters. The molecule has 0 bridgehead atoms. The predicted octanol–water partition coefficient (Wildman–Crippen LogP) is 0.886. The largest absolute Gasteiger partial charge is 0.467 e. The van der Waals surface area contributed by atoms with E-state index in [9.17, 15) is 0 Å². The lowest BCUT2D eigenvalue weighted by atomic mass is 10.1. The van der Waals surface area contributed by atoms with Gasteiger partial charge in [0.05, 0.1) is 7.11 Å². The molecule has 15 heavy (non-hydrogen) atoms. The Morgan fingerprint density at radius 3 is 2.20 bits per heavy atom. The molecule has 0 aromatic carbocycles. The van der Waals surface area contributed by atoms with Crippen molar-refractivity contribution in [3.8, 4) is 12.0 Å². The molecule has 0 saturated heterocycles. The van der Waals surface area contributed by atoms with Crippen molar-refractivity contribution in [2.45, 2.75) is 26.9 Å². The Morgan fingerprint density at radius 2 is 1.67 bits per heavy atom. The second-order valence-electron chi connectivity index (χ2n) is 3.53. The Balaban J connectivity index is 2.80. The van der Waals surface area contributed by atoms with E-state index in [1.54, 1.807) is 0 Å². The minimum absolute atomic E-state index is 0.0107. The first-order chi connectivity index (χ1) is 7.02. The van der Waals surface area contributed by atoms with Gasteiger partial charge in [-0.1, -0.05) is 13.8 Å². The van der Waals surface area contributed by atoms with Crippen LogP contribution in [0.3, 0.4) is 0 Å². The molecule has 1 atom stereocenters. The Kier molecular flexibility index (Phi) is 3.65. The average Bonchev–Trinajstić information content (AvgIpc) is 2.16. The average molecular weight is 212 g/mol. The molecule has 0 radical (unpaired) electrons. The summed E-state index contributed by atoms with van der Waals surface area (Å²) >= 11 is 0. The zero-order chi connectivity index (χ0) is 11.4. The van der Waals surface area contributed by atoms with E-state index in [1.807, 2.05) is 20.8 Å². The van der Waals surface area contributed by atoms with Crippen molar-refractivity contribution >= 4 is 5.95 Å². The third-order valence-corrected chi connectivity index (χ3v) is 2.02. The molecular formula is C9H16N4O2. The molecular weight excluding hydrogens is 196 g/mol. The number of hydrogen-bond donors (Lipinski definition) is 1. The van der Waals surface area contributed by atoms with Crippen LogP contribution in [0.2, 0.25) is 0 Å².